The smallest absolute Gasteiger partial charge is 0.223 e. The molecule has 1 amide bonds. The van der Waals surface area contributed by atoms with Gasteiger partial charge in [0.15, 0.2) is 0 Å². The highest BCUT2D eigenvalue weighted by molar-refractivity contribution is 5.75. The third kappa shape index (κ3) is 1.26. The van der Waals surface area contributed by atoms with Gasteiger partial charge < -0.3 is 4.90 Å². The number of amides is 1. The lowest BCUT2D eigenvalue weighted by molar-refractivity contribution is -0.126. The van der Waals surface area contributed by atoms with Crippen LogP contribution < -0.4 is 0 Å². The standard InChI is InChI=1S/C8H11NO/c1-7-5-3-4-6-9(7)8(2)10/h3-5H,6H2,1-2H3. The molecule has 1 rings (SSSR count). The van der Waals surface area contributed by atoms with Crippen LogP contribution in [0.1, 0.15) is 13.8 Å². The molecule has 0 atom stereocenters. The Balaban J connectivity index is 2.73. The highest BCUT2D eigenvalue weighted by Crippen LogP contribution is 2.07. The summed E-state index contributed by atoms with van der Waals surface area (Å²) in [6.45, 7) is 4.24. The number of nitrogens with zero attached hydrogens (tertiary/aromatic N) is 1. The molecule has 0 aliphatic carbocycles. The van der Waals surface area contributed by atoms with Gasteiger partial charge in [-0.15, -0.1) is 0 Å². The van der Waals surface area contributed by atoms with Crippen LogP contribution in [0.25, 0.3) is 0 Å². The summed E-state index contributed by atoms with van der Waals surface area (Å²) in [7, 11) is 0. The average Bonchev–Trinajstić information content (AvgIpc) is 1.88. The number of carbonyl (C=O) groups excluding carboxylic acids is 1. The fourth-order valence-corrected chi connectivity index (χ4v) is 0.984. The lowest BCUT2D eigenvalue weighted by Crippen LogP contribution is -2.28. The normalized spacial score (nSPS) is 17.0. The number of allylic oxidation sites excluding steroid dienone is 3. The zero-order valence-electron chi connectivity index (χ0n) is 6.29. The summed E-state index contributed by atoms with van der Waals surface area (Å²) < 4.78 is 0. The molecule has 2 nitrogen and oxygen atoms in total. The third-order valence-electron chi connectivity index (χ3n) is 1.57. The Morgan fingerprint density at radius 1 is 1.70 bits per heavy atom. The second-order valence-electron chi connectivity index (χ2n) is 2.37. The van der Waals surface area contributed by atoms with Crippen LogP contribution in [0.5, 0.6) is 0 Å². The third-order valence-corrected chi connectivity index (χ3v) is 1.57. The summed E-state index contributed by atoms with van der Waals surface area (Å²) in [5.41, 5.74) is 1.02. The van der Waals surface area contributed by atoms with Crippen molar-refractivity contribution in [3.8, 4) is 0 Å². The molecular weight excluding hydrogens is 126 g/mol. The lowest BCUT2D eigenvalue weighted by Gasteiger charge is -2.21. The lowest BCUT2D eigenvalue weighted by atomic mass is 10.2. The maximum Gasteiger partial charge on any atom is 0.223 e. The Morgan fingerprint density at radius 2 is 2.40 bits per heavy atom. The Kier molecular flexibility index (Phi) is 1.90. The number of hydrogen-bond acceptors (Lipinski definition) is 1. The molecular formula is C8H11NO. The zero-order valence-corrected chi connectivity index (χ0v) is 6.29. The van der Waals surface area contributed by atoms with Crippen molar-refractivity contribution in [2.24, 2.45) is 0 Å². The molecule has 0 N–H and O–H groups in total. The van der Waals surface area contributed by atoms with Crippen LogP contribution in [0.2, 0.25) is 0 Å². The molecule has 1 aliphatic rings. The average molecular weight is 137 g/mol. The molecule has 2 heteroatoms. The van der Waals surface area contributed by atoms with Gasteiger partial charge in [-0.2, -0.15) is 0 Å². The van der Waals surface area contributed by atoms with E-state index in [1.54, 1.807) is 11.8 Å². The molecule has 1 aliphatic heterocycles. The van der Waals surface area contributed by atoms with Crippen molar-refractivity contribution in [2.75, 3.05) is 6.54 Å². The molecule has 0 spiro atoms. The van der Waals surface area contributed by atoms with E-state index in [0.717, 1.165) is 12.2 Å². The first-order chi connectivity index (χ1) is 4.72. The molecule has 0 unspecified atom stereocenters. The van der Waals surface area contributed by atoms with E-state index in [0.29, 0.717) is 0 Å². The largest absolute Gasteiger partial charge is 0.313 e. The fraction of sp³-hybridized carbons (Fsp3) is 0.375. The van der Waals surface area contributed by atoms with Gasteiger partial charge in [0.2, 0.25) is 5.91 Å². The minimum Gasteiger partial charge on any atom is -0.313 e. The minimum atomic E-state index is 0.109. The summed E-state index contributed by atoms with van der Waals surface area (Å²) in [6.07, 6.45) is 5.87. The van der Waals surface area contributed by atoms with E-state index in [9.17, 15) is 4.79 Å². The van der Waals surface area contributed by atoms with Gasteiger partial charge >= 0.3 is 0 Å². The molecule has 0 aromatic rings. The Hall–Kier alpha value is -1.05. The molecule has 0 aromatic carbocycles. The van der Waals surface area contributed by atoms with E-state index >= 15 is 0 Å². The second-order valence-corrected chi connectivity index (χ2v) is 2.37. The number of hydrogen-bond donors (Lipinski definition) is 0. The van der Waals surface area contributed by atoms with Crippen LogP contribution in [0.4, 0.5) is 0 Å². The molecule has 0 fully saturated rings. The minimum absolute atomic E-state index is 0.109. The SMILES string of the molecule is CC(=O)N1CC=CC=C1C. The van der Waals surface area contributed by atoms with Crippen LogP contribution in [0.15, 0.2) is 23.9 Å². The Labute approximate surface area is 60.8 Å². The summed E-state index contributed by atoms with van der Waals surface area (Å²) >= 11 is 0. The van der Waals surface area contributed by atoms with Gasteiger partial charge in [-0.25, -0.2) is 0 Å². The van der Waals surface area contributed by atoms with Crippen molar-refractivity contribution in [1.82, 2.24) is 4.90 Å². The quantitative estimate of drug-likeness (QED) is 0.493. The van der Waals surface area contributed by atoms with Crippen LogP contribution in [0, 0.1) is 0 Å². The molecule has 1 heterocycles. The first kappa shape index (κ1) is 7.06. The van der Waals surface area contributed by atoms with Crippen molar-refractivity contribution in [1.29, 1.82) is 0 Å². The highest BCUT2D eigenvalue weighted by atomic mass is 16.2. The van der Waals surface area contributed by atoms with Crippen molar-refractivity contribution in [3.05, 3.63) is 23.9 Å². The van der Waals surface area contributed by atoms with Gasteiger partial charge in [0, 0.05) is 19.2 Å². The first-order valence-corrected chi connectivity index (χ1v) is 3.33. The molecule has 10 heavy (non-hydrogen) atoms. The highest BCUT2D eigenvalue weighted by Gasteiger charge is 2.09. The van der Waals surface area contributed by atoms with Gasteiger partial charge in [0.25, 0.3) is 0 Å². The van der Waals surface area contributed by atoms with E-state index in [1.165, 1.54) is 0 Å². The predicted octanol–water partition coefficient (Wildman–Crippen LogP) is 1.31. The maximum atomic E-state index is 10.9. The van der Waals surface area contributed by atoms with Gasteiger partial charge in [-0.1, -0.05) is 12.2 Å². The van der Waals surface area contributed by atoms with E-state index in [2.05, 4.69) is 0 Å². The van der Waals surface area contributed by atoms with Crippen molar-refractivity contribution in [3.63, 3.8) is 0 Å². The summed E-state index contributed by atoms with van der Waals surface area (Å²) in [4.78, 5) is 12.6. The summed E-state index contributed by atoms with van der Waals surface area (Å²) in [5, 5.41) is 0. The van der Waals surface area contributed by atoms with Gasteiger partial charge in [0.05, 0.1) is 0 Å². The van der Waals surface area contributed by atoms with Crippen LogP contribution >= 0.6 is 0 Å². The van der Waals surface area contributed by atoms with E-state index < -0.39 is 0 Å². The van der Waals surface area contributed by atoms with Gasteiger partial charge in [-0.05, 0) is 13.0 Å². The Bertz CT molecular complexity index is 203. The second kappa shape index (κ2) is 2.69. The van der Waals surface area contributed by atoms with Crippen molar-refractivity contribution >= 4 is 5.91 Å². The molecule has 0 saturated carbocycles. The molecule has 0 bridgehead atoms. The fourth-order valence-electron chi connectivity index (χ4n) is 0.984. The van der Waals surface area contributed by atoms with E-state index in [1.807, 2.05) is 25.2 Å². The maximum absolute atomic E-state index is 10.9. The molecule has 0 aromatic heterocycles. The number of carbonyl (C=O) groups is 1. The van der Waals surface area contributed by atoms with E-state index in [-0.39, 0.29) is 5.91 Å². The van der Waals surface area contributed by atoms with Crippen LogP contribution in [-0.2, 0) is 4.79 Å². The first-order valence-electron chi connectivity index (χ1n) is 3.33. The van der Waals surface area contributed by atoms with E-state index in [4.69, 9.17) is 0 Å². The summed E-state index contributed by atoms with van der Waals surface area (Å²) in [5.74, 6) is 0.109. The molecule has 0 radical (unpaired) electrons. The Morgan fingerprint density at radius 3 is 2.80 bits per heavy atom. The predicted molar refractivity (Wildman–Crippen MR) is 40.3 cm³/mol. The zero-order chi connectivity index (χ0) is 7.56. The van der Waals surface area contributed by atoms with Crippen LogP contribution in [-0.4, -0.2) is 17.4 Å². The van der Waals surface area contributed by atoms with Crippen molar-refractivity contribution < 1.29 is 4.79 Å². The van der Waals surface area contributed by atoms with Gasteiger partial charge in [0.1, 0.15) is 0 Å². The van der Waals surface area contributed by atoms with Crippen molar-refractivity contribution in [2.45, 2.75) is 13.8 Å². The number of rotatable bonds is 0. The molecule has 0 saturated heterocycles. The monoisotopic (exact) mass is 137 g/mol. The summed E-state index contributed by atoms with van der Waals surface area (Å²) in [6, 6.07) is 0. The topological polar surface area (TPSA) is 20.3 Å². The van der Waals surface area contributed by atoms with Gasteiger partial charge in [-0.3, -0.25) is 4.79 Å². The van der Waals surface area contributed by atoms with Crippen LogP contribution in [0.3, 0.4) is 0 Å². The molecule has 54 valence electrons.